The Hall–Kier alpha value is -2.00. The van der Waals surface area contributed by atoms with Gasteiger partial charge in [-0.2, -0.15) is 5.21 Å². The van der Waals surface area contributed by atoms with Crippen LogP contribution in [0.1, 0.15) is 5.82 Å². The molecule has 2 aromatic rings. The molecular formula is C9H11N5O3S. The molecule has 0 aliphatic carbocycles. The van der Waals surface area contributed by atoms with Gasteiger partial charge >= 0.3 is 0 Å². The minimum absolute atomic E-state index is 0.0317. The number of H-pyrrole nitrogens is 1. The van der Waals surface area contributed by atoms with E-state index in [4.69, 9.17) is 4.74 Å². The Balaban J connectivity index is 2.14. The first kappa shape index (κ1) is 12.5. The molecule has 0 aliphatic heterocycles. The van der Waals surface area contributed by atoms with E-state index in [-0.39, 0.29) is 17.3 Å². The second kappa shape index (κ2) is 5.10. The number of benzene rings is 1. The van der Waals surface area contributed by atoms with Crippen molar-refractivity contribution >= 4 is 10.0 Å². The van der Waals surface area contributed by atoms with Crippen LogP contribution in [0.4, 0.5) is 0 Å². The van der Waals surface area contributed by atoms with Crippen LogP contribution in [-0.4, -0.2) is 36.2 Å². The summed E-state index contributed by atoms with van der Waals surface area (Å²) in [6, 6.07) is 6.17. The summed E-state index contributed by atoms with van der Waals surface area (Å²) in [7, 11) is -2.15. The van der Waals surface area contributed by atoms with Gasteiger partial charge in [0, 0.05) is 6.07 Å². The van der Waals surface area contributed by atoms with Crippen LogP contribution in [0.15, 0.2) is 29.2 Å². The SMILES string of the molecule is COc1cccc(S(=O)(=O)NCc2nn[nH]n2)c1. The first-order valence-corrected chi connectivity index (χ1v) is 6.46. The van der Waals surface area contributed by atoms with Crippen molar-refractivity contribution in [1.29, 1.82) is 0 Å². The van der Waals surface area contributed by atoms with E-state index in [1.165, 1.54) is 19.2 Å². The first-order valence-electron chi connectivity index (χ1n) is 4.98. The molecule has 0 radical (unpaired) electrons. The van der Waals surface area contributed by atoms with Crippen LogP contribution in [0.3, 0.4) is 0 Å². The summed E-state index contributed by atoms with van der Waals surface area (Å²) in [5, 5.41) is 12.9. The average molecular weight is 269 g/mol. The van der Waals surface area contributed by atoms with Gasteiger partial charge in [0.05, 0.1) is 18.6 Å². The molecule has 0 bridgehead atoms. The van der Waals surface area contributed by atoms with E-state index >= 15 is 0 Å². The van der Waals surface area contributed by atoms with E-state index < -0.39 is 10.0 Å². The zero-order valence-electron chi connectivity index (χ0n) is 9.49. The van der Waals surface area contributed by atoms with Gasteiger partial charge in [-0.1, -0.05) is 11.3 Å². The van der Waals surface area contributed by atoms with Gasteiger partial charge in [0.1, 0.15) is 5.75 Å². The number of aromatic nitrogens is 4. The molecule has 96 valence electrons. The number of methoxy groups -OCH3 is 1. The Morgan fingerprint density at radius 3 is 2.94 bits per heavy atom. The number of ether oxygens (including phenoxy) is 1. The fourth-order valence-electron chi connectivity index (χ4n) is 1.27. The van der Waals surface area contributed by atoms with Gasteiger partial charge in [-0.3, -0.25) is 0 Å². The van der Waals surface area contributed by atoms with Crippen LogP contribution in [0, 0.1) is 0 Å². The predicted octanol–water partition coefficient (Wildman–Crippen LogP) is -0.313. The second-order valence-electron chi connectivity index (χ2n) is 3.33. The molecule has 0 atom stereocenters. The summed E-state index contributed by atoms with van der Waals surface area (Å²) in [5.41, 5.74) is 0. The molecule has 9 heteroatoms. The quantitative estimate of drug-likeness (QED) is 0.770. The van der Waals surface area contributed by atoms with Crippen LogP contribution in [-0.2, 0) is 16.6 Å². The fraction of sp³-hybridized carbons (Fsp3) is 0.222. The number of rotatable bonds is 5. The lowest BCUT2D eigenvalue weighted by Crippen LogP contribution is -2.23. The van der Waals surface area contributed by atoms with E-state index in [2.05, 4.69) is 25.3 Å². The van der Waals surface area contributed by atoms with Crippen LogP contribution in [0.5, 0.6) is 5.75 Å². The lowest BCUT2D eigenvalue weighted by Gasteiger charge is -2.06. The summed E-state index contributed by atoms with van der Waals surface area (Å²) in [5.74, 6) is 0.735. The summed E-state index contributed by atoms with van der Waals surface area (Å²) >= 11 is 0. The normalized spacial score (nSPS) is 11.4. The van der Waals surface area contributed by atoms with Crippen LogP contribution in [0.2, 0.25) is 0 Å². The fourth-order valence-corrected chi connectivity index (χ4v) is 2.28. The monoisotopic (exact) mass is 269 g/mol. The van der Waals surface area contributed by atoms with Crippen molar-refractivity contribution in [3.05, 3.63) is 30.1 Å². The number of sulfonamides is 1. The number of tetrazole rings is 1. The van der Waals surface area contributed by atoms with Crippen LogP contribution in [0.25, 0.3) is 0 Å². The van der Waals surface area contributed by atoms with E-state index in [9.17, 15) is 8.42 Å². The lowest BCUT2D eigenvalue weighted by atomic mass is 10.3. The van der Waals surface area contributed by atoms with Gasteiger partial charge < -0.3 is 4.74 Å². The van der Waals surface area contributed by atoms with Crippen molar-refractivity contribution in [3.63, 3.8) is 0 Å². The molecule has 0 spiro atoms. The summed E-state index contributed by atoms with van der Waals surface area (Å²) in [6.45, 7) is -0.0317. The van der Waals surface area contributed by atoms with Crippen LogP contribution < -0.4 is 9.46 Å². The van der Waals surface area contributed by atoms with Crippen molar-refractivity contribution in [2.45, 2.75) is 11.4 Å². The van der Waals surface area contributed by atoms with Crippen molar-refractivity contribution in [2.75, 3.05) is 7.11 Å². The Labute approximate surface area is 103 Å². The van der Waals surface area contributed by atoms with E-state index in [0.717, 1.165) is 0 Å². The van der Waals surface area contributed by atoms with Crippen molar-refractivity contribution in [3.8, 4) is 5.75 Å². The zero-order valence-corrected chi connectivity index (χ0v) is 10.3. The predicted molar refractivity (Wildman–Crippen MR) is 61.2 cm³/mol. The largest absolute Gasteiger partial charge is 0.497 e. The third kappa shape index (κ3) is 2.81. The van der Waals surface area contributed by atoms with Gasteiger partial charge in [-0.15, -0.1) is 10.2 Å². The molecule has 0 saturated carbocycles. The molecule has 0 saturated heterocycles. The lowest BCUT2D eigenvalue weighted by molar-refractivity contribution is 0.413. The minimum atomic E-state index is -3.62. The topological polar surface area (TPSA) is 110 Å². The van der Waals surface area contributed by atoms with Crippen molar-refractivity contribution < 1.29 is 13.2 Å². The highest BCUT2D eigenvalue weighted by Gasteiger charge is 2.15. The molecule has 0 unspecified atom stereocenters. The summed E-state index contributed by atoms with van der Waals surface area (Å²) in [6.07, 6.45) is 0. The molecule has 1 heterocycles. The Morgan fingerprint density at radius 1 is 1.44 bits per heavy atom. The molecular weight excluding hydrogens is 258 g/mol. The van der Waals surface area contributed by atoms with Gasteiger partial charge in [0.2, 0.25) is 10.0 Å². The molecule has 18 heavy (non-hydrogen) atoms. The van der Waals surface area contributed by atoms with E-state index in [1.807, 2.05) is 0 Å². The minimum Gasteiger partial charge on any atom is -0.497 e. The maximum atomic E-state index is 11.9. The number of nitrogens with one attached hydrogen (secondary N) is 2. The zero-order chi connectivity index (χ0) is 13.0. The maximum absolute atomic E-state index is 11.9. The van der Waals surface area contributed by atoms with Gasteiger partial charge in [-0.05, 0) is 12.1 Å². The van der Waals surface area contributed by atoms with Crippen molar-refractivity contribution in [1.82, 2.24) is 25.3 Å². The number of hydrogen-bond donors (Lipinski definition) is 2. The Bertz CT molecular complexity index is 611. The molecule has 8 nitrogen and oxygen atoms in total. The van der Waals surface area contributed by atoms with E-state index in [0.29, 0.717) is 5.75 Å². The van der Waals surface area contributed by atoms with Gasteiger partial charge in [0.25, 0.3) is 0 Å². The first-order chi connectivity index (χ1) is 8.62. The molecule has 1 aromatic carbocycles. The number of aromatic amines is 1. The maximum Gasteiger partial charge on any atom is 0.241 e. The van der Waals surface area contributed by atoms with E-state index in [1.54, 1.807) is 12.1 Å². The Morgan fingerprint density at radius 2 is 2.28 bits per heavy atom. The molecule has 2 rings (SSSR count). The Kier molecular flexibility index (Phi) is 3.53. The molecule has 2 N–H and O–H groups in total. The summed E-state index contributed by atoms with van der Waals surface area (Å²) < 4.78 is 31.2. The average Bonchev–Trinajstić information content (AvgIpc) is 2.90. The molecule has 0 amide bonds. The molecule has 1 aromatic heterocycles. The molecule has 0 fully saturated rings. The van der Waals surface area contributed by atoms with Crippen LogP contribution >= 0.6 is 0 Å². The molecule has 0 aliphatic rings. The second-order valence-corrected chi connectivity index (χ2v) is 5.10. The standard InChI is InChI=1S/C9H11N5O3S/c1-17-7-3-2-4-8(5-7)18(15,16)10-6-9-11-13-14-12-9/h2-5,10H,6H2,1H3,(H,11,12,13,14). The smallest absolute Gasteiger partial charge is 0.241 e. The summed E-state index contributed by atoms with van der Waals surface area (Å²) in [4.78, 5) is 0.116. The number of hydrogen-bond acceptors (Lipinski definition) is 6. The third-order valence-electron chi connectivity index (χ3n) is 2.16. The van der Waals surface area contributed by atoms with Gasteiger partial charge in [-0.25, -0.2) is 13.1 Å². The highest BCUT2D eigenvalue weighted by Crippen LogP contribution is 2.16. The van der Waals surface area contributed by atoms with Crippen molar-refractivity contribution in [2.24, 2.45) is 0 Å². The number of nitrogens with zero attached hydrogens (tertiary/aromatic N) is 3. The highest BCUT2D eigenvalue weighted by molar-refractivity contribution is 7.89. The third-order valence-corrected chi connectivity index (χ3v) is 3.56. The van der Waals surface area contributed by atoms with Gasteiger partial charge in [0.15, 0.2) is 5.82 Å². The highest BCUT2D eigenvalue weighted by atomic mass is 32.2.